The van der Waals surface area contributed by atoms with Crippen molar-refractivity contribution < 1.29 is 9.59 Å². The minimum atomic E-state index is -0.0519. The SMILES string of the molecule is CN(Cc1ccccn1)C(=O)C1CC12CCN(C(=O)c1cccc(Cl)c1)C2. The Kier molecular flexibility index (Phi) is 4.64. The van der Waals surface area contributed by atoms with Crippen molar-refractivity contribution in [3.05, 3.63) is 64.9 Å². The summed E-state index contributed by atoms with van der Waals surface area (Å²) in [5, 5.41) is 0.561. The molecule has 1 aromatic heterocycles. The maximum atomic E-state index is 12.8. The molecule has 1 aliphatic carbocycles. The van der Waals surface area contributed by atoms with Gasteiger partial charge in [0, 0.05) is 48.3 Å². The molecule has 1 aromatic carbocycles. The Morgan fingerprint density at radius 1 is 1.30 bits per heavy atom. The molecule has 1 spiro atoms. The minimum absolute atomic E-state index is 0.00312. The normalized spacial score (nSPS) is 23.5. The predicted molar refractivity (Wildman–Crippen MR) is 103 cm³/mol. The van der Waals surface area contributed by atoms with Crippen LogP contribution in [-0.4, -0.2) is 46.7 Å². The number of carbonyl (C=O) groups excluding carboxylic acids is 2. The molecule has 2 aromatic rings. The number of amides is 2. The zero-order valence-corrected chi connectivity index (χ0v) is 16.0. The van der Waals surface area contributed by atoms with Crippen molar-refractivity contribution in [2.24, 2.45) is 11.3 Å². The summed E-state index contributed by atoms with van der Waals surface area (Å²) in [6.07, 6.45) is 3.48. The molecule has 140 valence electrons. The number of benzene rings is 1. The van der Waals surface area contributed by atoms with Crippen molar-refractivity contribution in [3.8, 4) is 0 Å². The van der Waals surface area contributed by atoms with E-state index >= 15 is 0 Å². The number of aromatic nitrogens is 1. The van der Waals surface area contributed by atoms with Gasteiger partial charge in [-0.2, -0.15) is 0 Å². The second kappa shape index (κ2) is 6.97. The molecule has 2 aliphatic rings. The number of hydrogen-bond acceptors (Lipinski definition) is 3. The fourth-order valence-electron chi connectivity index (χ4n) is 4.10. The molecule has 0 bridgehead atoms. The average Bonchev–Trinajstić information content (AvgIpc) is 3.20. The number of hydrogen-bond donors (Lipinski definition) is 0. The van der Waals surface area contributed by atoms with Crippen LogP contribution in [0, 0.1) is 11.3 Å². The first-order valence-electron chi connectivity index (χ1n) is 9.18. The lowest BCUT2D eigenvalue weighted by Crippen LogP contribution is -2.32. The van der Waals surface area contributed by atoms with Gasteiger partial charge < -0.3 is 9.80 Å². The summed E-state index contributed by atoms with van der Waals surface area (Å²) in [5.41, 5.74) is 1.44. The molecule has 2 unspecified atom stereocenters. The monoisotopic (exact) mass is 383 g/mol. The molecule has 2 atom stereocenters. The zero-order valence-electron chi connectivity index (χ0n) is 15.3. The lowest BCUT2D eigenvalue weighted by molar-refractivity contribution is -0.132. The minimum Gasteiger partial charge on any atom is -0.340 e. The maximum absolute atomic E-state index is 12.8. The van der Waals surface area contributed by atoms with Gasteiger partial charge in [0.1, 0.15) is 0 Å². The van der Waals surface area contributed by atoms with Crippen molar-refractivity contribution in [2.45, 2.75) is 19.4 Å². The third kappa shape index (κ3) is 3.56. The van der Waals surface area contributed by atoms with E-state index in [4.69, 9.17) is 11.6 Å². The van der Waals surface area contributed by atoms with Crippen LogP contribution in [0.3, 0.4) is 0 Å². The number of halogens is 1. The molecule has 2 heterocycles. The smallest absolute Gasteiger partial charge is 0.253 e. The van der Waals surface area contributed by atoms with E-state index in [2.05, 4.69) is 4.98 Å². The maximum Gasteiger partial charge on any atom is 0.253 e. The lowest BCUT2D eigenvalue weighted by Gasteiger charge is -2.19. The molecule has 0 radical (unpaired) electrons. The number of rotatable bonds is 4. The first kappa shape index (κ1) is 18.0. The largest absolute Gasteiger partial charge is 0.340 e. The number of pyridine rings is 1. The van der Waals surface area contributed by atoms with Crippen LogP contribution in [0.5, 0.6) is 0 Å². The van der Waals surface area contributed by atoms with Crippen LogP contribution in [0.1, 0.15) is 28.9 Å². The van der Waals surface area contributed by atoms with E-state index in [1.165, 1.54) is 0 Å². The van der Waals surface area contributed by atoms with Gasteiger partial charge in [0.05, 0.1) is 12.2 Å². The Labute approximate surface area is 163 Å². The molecule has 1 saturated heterocycles. The van der Waals surface area contributed by atoms with Crippen molar-refractivity contribution in [1.29, 1.82) is 0 Å². The summed E-state index contributed by atoms with van der Waals surface area (Å²) in [4.78, 5) is 33.5. The van der Waals surface area contributed by atoms with E-state index in [1.54, 1.807) is 35.4 Å². The zero-order chi connectivity index (χ0) is 19.0. The highest BCUT2D eigenvalue weighted by atomic mass is 35.5. The van der Waals surface area contributed by atoms with Crippen molar-refractivity contribution in [2.75, 3.05) is 20.1 Å². The van der Waals surface area contributed by atoms with Crippen LogP contribution < -0.4 is 0 Å². The van der Waals surface area contributed by atoms with Crippen molar-refractivity contribution in [1.82, 2.24) is 14.8 Å². The van der Waals surface area contributed by atoms with Gasteiger partial charge in [0.15, 0.2) is 0 Å². The highest BCUT2D eigenvalue weighted by Gasteiger charge is 2.61. The summed E-state index contributed by atoms with van der Waals surface area (Å²) in [6.45, 7) is 1.85. The average molecular weight is 384 g/mol. The first-order valence-corrected chi connectivity index (χ1v) is 9.56. The Balaban J connectivity index is 1.38. The summed E-state index contributed by atoms with van der Waals surface area (Å²) < 4.78 is 0. The fourth-order valence-corrected chi connectivity index (χ4v) is 4.29. The molecular weight excluding hydrogens is 362 g/mol. The molecule has 1 aliphatic heterocycles. The van der Waals surface area contributed by atoms with Crippen molar-refractivity contribution >= 4 is 23.4 Å². The number of carbonyl (C=O) groups is 2. The third-order valence-corrected chi connectivity index (χ3v) is 5.97. The van der Waals surface area contributed by atoms with Gasteiger partial charge in [-0.15, -0.1) is 0 Å². The summed E-state index contributed by atoms with van der Waals surface area (Å²) >= 11 is 6.00. The second-order valence-electron chi connectivity index (χ2n) is 7.62. The van der Waals surface area contributed by atoms with Gasteiger partial charge in [-0.1, -0.05) is 23.7 Å². The Hall–Kier alpha value is -2.40. The molecule has 0 N–H and O–H groups in total. The van der Waals surface area contributed by atoms with Gasteiger partial charge in [0.2, 0.25) is 5.91 Å². The van der Waals surface area contributed by atoms with Crippen LogP contribution in [-0.2, 0) is 11.3 Å². The van der Waals surface area contributed by atoms with Crippen LogP contribution in [0.4, 0.5) is 0 Å². The summed E-state index contributed by atoms with van der Waals surface area (Å²) in [6, 6.07) is 12.8. The lowest BCUT2D eigenvalue weighted by atomic mass is 10.0. The molecular formula is C21H22ClN3O2. The number of nitrogens with zero attached hydrogens (tertiary/aromatic N) is 3. The second-order valence-corrected chi connectivity index (χ2v) is 8.06. The predicted octanol–water partition coefficient (Wildman–Crippen LogP) is 3.25. The summed E-state index contributed by atoms with van der Waals surface area (Å²) in [7, 11) is 1.83. The topological polar surface area (TPSA) is 53.5 Å². The van der Waals surface area contributed by atoms with Crippen LogP contribution in [0.2, 0.25) is 5.02 Å². The number of likely N-dealkylation sites (tertiary alicyclic amines) is 1. The van der Waals surface area contributed by atoms with Gasteiger partial charge in [-0.25, -0.2) is 0 Å². The molecule has 6 heteroatoms. The highest BCUT2D eigenvalue weighted by molar-refractivity contribution is 6.30. The van der Waals surface area contributed by atoms with E-state index in [1.807, 2.05) is 30.1 Å². The van der Waals surface area contributed by atoms with E-state index in [0.717, 1.165) is 18.5 Å². The highest BCUT2D eigenvalue weighted by Crippen LogP contribution is 2.59. The fraction of sp³-hybridized carbons (Fsp3) is 0.381. The Bertz CT molecular complexity index is 873. The Morgan fingerprint density at radius 2 is 2.15 bits per heavy atom. The van der Waals surface area contributed by atoms with E-state index in [-0.39, 0.29) is 23.1 Å². The standard InChI is InChI=1S/C21H22ClN3O2/c1-24(13-17-7-2-3-9-23-17)20(27)18-12-21(18)8-10-25(14-21)19(26)15-5-4-6-16(22)11-15/h2-7,9,11,18H,8,10,12-14H2,1H3. The van der Waals surface area contributed by atoms with E-state index in [9.17, 15) is 9.59 Å². The van der Waals surface area contributed by atoms with E-state index < -0.39 is 0 Å². The molecule has 2 fully saturated rings. The third-order valence-electron chi connectivity index (χ3n) is 5.73. The van der Waals surface area contributed by atoms with Crippen LogP contribution in [0.25, 0.3) is 0 Å². The molecule has 2 amide bonds. The van der Waals surface area contributed by atoms with E-state index in [0.29, 0.717) is 30.2 Å². The summed E-state index contributed by atoms with van der Waals surface area (Å²) in [5.74, 6) is 0.149. The molecule has 27 heavy (non-hydrogen) atoms. The van der Waals surface area contributed by atoms with Crippen molar-refractivity contribution in [3.63, 3.8) is 0 Å². The van der Waals surface area contributed by atoms with Gasteiger partial charge in [-0.3, -0.25) is 14.6 Å². The van der Waals surface area contributed by atoms with Crippen LogP contribution in [0.15, 0.2) is 48.7 Å². The molecule has 4 rings (SSSR count). The van der Waals surface area contributed by atoms with Gasteiger partial charge in [0.25, 0.3) is 5.91 Å². The Morgan fingerprint density at radius 3 is 2.89 bits per heavy atom. The van der Waals surface area contributed by atoms with Gasteiger partial charge in [-0.05, 0) is 43.2 Å². The quantitative estimate of drug-likeness (QED) is 0.814. The van der Waals surface area contributed by atoms with Crippen LogP contribution >= 0.6 is 11.6 Å². The first-order chi connectivity index (χ1) is 13.0. The molecule has 1 saturated carbocycles. The van der Waals surface area contributed by atoms with Gasteiger partial charge >= 0.3 is 0 Å². The molecule has 5 nitrogen and oxygen atoms in total.